The summed E-state index contributed by atoms with van der Waals surface area (Å²) in [7, 11) is 2.24. The minimum Gasteiger partial charge on any atom is -0.326 e. The lowest BCUT2D eigenvalue weighted by Gasteiger charge is -2.28. The predicted octanol–water partition coefficient (Wildman–Crippen LogP) is 0.770. The third kappa shape index (κ3) is 4.17. The van der Waals surface area contributed by atoms with Gasteiger partial charge in [0.1, 0.15) is 0 Å². The molecule has 13 heavy (non-hydrogen) atoms. The van der Waals surface area contributed by atoms with Gasteiger partial charge in [-0.2, -0.15) is 4.21 Å². The van der Waals surface area contributed by atoms with Crippen LogP contribution in [0.1, 0.15) is 19.3 Å². The summed E-state index contributed by atoms with van der Waals surface area (Å²) in [5, 5.41) is 0. The first-order valence-electron chi connectivity index (χ1n) is 4.70. The maximum Gasteiger partial charge on any atom is 0.301 e. The molecule has 0 radical (unpaired) electrons. The number of hydrogen-bond donors (Lipinski definition) is 1. The minimum atomic E-state index is -2.09. The first kappa shape index (κ1) is 11.1. The Bertz CT molecular complexity index is 180. The zero-order chi connectivity index (χ0) is 9.73. The summed E-state index contributed by atoms with van der Waals surface area (Å²) in [4.78, 5) is 0. The molecule has 0 bridgehead atoms. The van der Waals surface area contributed by atoms with Crippen LogP contribution < -0.4 is 0 Å². The number of likely N-dealkylation sites (tertiary alicyclic amines) is 1. The molecule has 0 spiro atoms. The average molecular weight is 208 g/mol. The van der Waals surface area contributed by atoms with E-state index in [1.54, 1.807) is 0 Å². The van der Waals surface area contributed by atoms with Crippen LogP contribution in [0.5, 0.6) is 0 Å². The molecule has 1 atom stereocenters. The van der Waals surface area contributed by atoms with Gasteiger partial charge in [-0.3, -0.25) is 8.74 Å². The van der Waals surface area contributed by atoms with E-state index in [1.807, 2.05) is 0 Å². The molecule has 0 aromatic carbocycles. The summed E-state index contributed by atoms with van der Waals surface area (Å²) in [6.45, 7) is 3.92. The van der Waals surface area contributed by atoms with E-state index < -0.39 is 11.4 Å². The van der Waals surface area contributed by atoms with Crippen LogP contribution in [0.15, 0.2) is 0 Å². The van der Waals surface area contributed by atoms with Crippen LogP contribution in [0.2, 0.25) is 0 Å². The van der Waals surface area contributed by atoms with E-state index in [0.29, 0.717) is 6.61 Å². The van der Waals surface area contributed by atoms with Crippen LogP contribution in [0.4, 0.5) is 0 Å². The number of hydrogen-bond acceptors (Lipinski definition) is 2. The molecule has 1 aliphatic rings. The molecule has 1 saturated heterocycles. The molecule has 0 aliphatic carbocycles. The first-order valence-corrected chi connectivity index (χ1v) is 5.73. The average Bonchev–Trinajstić information content (AvgIpc) is 2.47. The Morgan fingerprint density at radius 2 is 2.08 bits per heavy atom. The largest absolute Gasteiger partial charge is 0.326 e. The van der Waals surface area contributed by atoms with Gasteiger partial charge in [0.15, 0.2) is 0 Å². The van der Waals surface area contributed by atoms with Crippen LogP contribution in [-0.2, 0) is 15.5 Å². The summed E-state index contributed by atoms with van der Waals surface area (Å²) >= 11 is -2.09. The van der Waals surface area contributed by atoms with Crippen LogP contribution in [0.25, 0.3) is 0 Å². The van der Waals surface area contributed by atoms with Gasteiger partial charge in [-0.1, -0.05) is 0 Å². The van der Waals surface area contributed by atoms with Crippen molar-refractivity contribution in [3.63, 3.8) is 0 Å². The normalized spacial score (nSPS) is 23.2. The Morgan fingerprint density at radius 1 is 1.46 bits per heavy atom. The lowest BCUT2D eigenvalue weighted by atomic mass is 10.3. The van der Waals surface area contributed by atoms with Crippen LogP contribution in [0, 0.1) is 0 Å². The predicted molar refractivity (Wildman–Crippen MR) is 51.4 cm³/mol. The molecule has 5 heteroatoms. The maximum absolute atomic E-state index is 10.2. The van der Waals surface area contributed by atoms with E-state index in [0.717, 1.165) is 17.4 Å². The number of quaternary nitrogens is 1. The van der Waals surface area contributed by atoms with Crippen molar-refractivity contribution in [1.82, 2.24) is 0 Å². The third-order valence-electron chi connectivity index (χ3n) is 2.67. The smallest absolute Gasteiger partial charge is 0.301 e. The van der Waals surface area contributed by atoms with E-state index in [1.165, 1.54) is 25.9 Å². The summed E-state index contributed by atoms with van der Waals surface area (Å²) in [6.07, 6.45) is 3.48. The molecule has 0 aromatic heterocycles. The van der Waals surface area contributed by atoms with Gasteiger partial charge < -0.3 is 4.48 Å². The highest BCUT2D eigenvalue weighted by molar-refractivity contribution is 7.74. The van der Waals surface area contributed by atoms with Gasteiger partial charge in [0.05, 0.1) is 33.3 Å². The van der Waals surface area contributed by atoms with Crippen molar-refractivity contribution >= 4 is 11.4 Å². The lowest BCUT2D eigenvalue weighted by Crippen LogP contribution is -2.41. The van der Waals surface area contributed by atoms with E-state index in [-0.39, 0.29) is 0 Å². The first-order chi connectivity index (χ1) is 6.12. The quantitative estimate of drug-likeness (QED) is 0.412. The molecule has 0 saturated carbocycles. The zero-order valence-corrected chi connectivity index (χ0v) is 8.89. The number of rotatable bonds is 5. The lowest BCUT2D eigenvalue weighted by molar-refractivity contribution is -0.897. The van der Waals surface area contributed by atoms with Crippen LogP contribution in [0.3, 0.4) is 0 Å². The van der Waals surface area contributed by atoms with Crippen molar-refractivity contribution in [3.8, 4) is 0 Å². The van der Waals surface area contributed by atoms with Gasteiger partial charge in [-0.05, 0) is 0 Å². The molecule has 78 valence electrons. The van der Waals surface area contributed by atoms with Gasteiger partial charge in [0.25, 0.3) is 0 Å². The fourth-order valence-electron chi connectivity index (χ4n) is 1.90. The zero-order valence-electron chi connectivity index (χ0n) is 8.07. The summed E-state index contributed by atoms with van der Waals surface area (Å²) < 4.78 is 24.2. The van der Waals surface area contributed by atoms with Crippen molar-refractivity contribution in [3.05, 3.63) is 0 Å². The molecule has 4 nitrogen and oxygen atoms in total. The Hall–Kier alpha value is 0.0300. The van der Waals surface area contributed by atoms with Crippen molar-refractivity contribution in [2.75, 3.05) is 33.3 Å². The van der Waals surface area contributed by atoms with Gasteiger partial charge in [0, 0.05) is 19.3 Å². The second kappa shape index (κ2) is 5.05. The highest BCUT2D eigenvalue weighted by atomic mass is 32.2. The molecular weight excluding hydrogens is 190 g/mol. The molecule has 1 heterocycles. The Labute approximate surface area is 82.0 Å². The maximum atomic E-state index is 10.2. The summed E-state index contributed by atoms with van der Waals surface area (Å²) in [5.74, 6) is 0. The van der Waals surface area contributed by atoms with E-state index in [2.05, 4.69) is 11.2 Å². The molecule has 1 aliphatic heterocycles. The van der Waals surface area contributed by atoms with E-state index >= 15 is 0 Å². The van der Waals surface area contributed by atoms with E-state index in [9.17, 15) is 4.21 Å². The molecule has 1 N–H and O–H groups in total. The molecule has 0 aromatic rings. The van der Waals surface area contributed by atoms with Crippen molar-refractivity contribution in [2.45, 2.75) is 19.3 Å². The van der Waals surface area contributed by atoms with Gasteiger partial charge in [-0.15, -0.1) is 0 Å². The molecule has 1 fully saturated rings. The highest BCUT2D eigenvalue weighted by Gasteiger charge is 2.25. The minimum absolute atomic E-state index is 0.386. The van der Waals surface area contributed by atoms with Gasteiger partial charge in [0.2, 0.25) is 0 Å². The third-order valence-corrected chi connectivity index (χ3v) is 3.04. The van der Waals surface area contributed by atoms with Crippen molar-refractivity contribution in [1.29, 1.82) is 0 Å². The SMILES string of the molecule is C[N+]1(CCCOS(=O)O)CCCC1. The Balaban J connectivity index is 2.07. The molecule has 1 rings (SSSR count). The fourth-order valence-corrected chi connectivity index (χ4v) is 2.16. The molecular formula is C8H18NO3S+. The van der Waals surface area contributed by atoms with Gasteiger partial charge >= 0.3 is 11.4 Å². The molecule has 1 unspecified atom stereocenters. The second-order valence-electron chi connectivity index (χ2n) is 3.89. The van der Waals surface area contributed by atoms with Crippen molar-refractivity contribution in [2.24, 2.45) is 0 Å². The molecule has 0 amide bonds. The van der Waals surface area contributed by atoms with Crippen molar-refractivity contribution < 1.29 is 17.4 Å². The topological polar surface area (TPSA) is 46.5 Å². The summed E-state index contributed by atoms with van der Waals surface area (Å²) in [5.41, 5.74) is 0. The monoisotopic (exact) mass is 208 g/mol. The second-order valence-corrected chi connectivity index (χ2v) is 4.56. The van der Waals surface area contributed by atoms with Gasteiger partial charge in [-0.25, -0.2) is 0 Å². The number of nitrogens with zero attached hydrogens (tertiary/aromatic N) is 1. The Morgan fingerprint density at radius 3 is 2.62 bits per heavy atom. The standard InChI is InChI=1S/C8H17NO3S/c1-9(5-2-3-6-9)7-4-8-12-13(10)11/h2-8H2,1H3/p+1. The highest BCUT2D eigenvalue weighted by Crippen LogP contribution is 2.16. The fraction of sp³-hybridized carbons (Fsp3) is 1.00. The summed E-state index contributed by atoms with van der Waals surface area (Å²) in [6, 6.07) is 0. The van der Waals surface area contributed by atoms with E-state index in [4.69, 9.17) is 4.55 Å². The van der Waals surface area contributed by atoms with Crippen LogP contribution in [-0.4, -0.2) is 46.5 Å². The van der Waals surface area contributed by atoms with Crippen LogP contribution >= 0.6 is 0 Å². The Kier molecular flexibility index (Phi) is 4.31.